The van der Waals surface area contributed by atoms with Crippen LogP contribution in [0.4, 0.5) is 36.1 Å². The van der Waals surface area contributed by atoms with E-state index in [0.717, 1.165) is 0 Å². The van der Waals surface area contributed by atoms with Gasteiger partial charge in [-0.05, 0) is 54.6 Å². The molecule has 1 fully saturated rings. The summed E-state index contributed by atoms with van der Waals surface area (Å²) < 4.78 is 41.1. The third-order valence-electron chi connectivity index (χ3n) is 5.12. The predicted molar refractivity (Wildman–Crippen MR) is 115 cm³/mol. The number of nitrogens with one attached hydrogen (secondary N) is 1. The number of hydrogen-bond acceptors (Lipinski definition) is 5. The highest BCUT2D eigenvalue weighted by Crippen LogP contribution is 2.31. The lowest BCUT2D eigenvalue weighted by Gasteiger charge is -2.18. The molecule has 2 aromatic carbocycles. The van der Waals surface area contributed by atoms with Gasteiger partial charge in [-0.1, -0.05) is 0 Å². The first-order valence-corrected chi connectivity index (χ1v) is 9.58. The van der Waals surface area contributed by atoms with Gasteiger partial charge in [-0.25, -0.2) is 18.2 Å². The van der Waals surface area contributed by atoms with E-state index in [1.165, 1.54) is 18.2 Å². The zero-order chi connectivity index (χ0) is 22.2. The fraction of sp³-hybridized carbons (Fsp3) is 0.182. The largest absolute Gasteiger partial charge is 0.396 e. The molecule has 0 unspecified atom stereocenters. The fourth-order valence-corrected chi connectivity index (χ4v) is 3.42. The predicted octanol–water partition coefficient (Wildman–Crippen LogP) is 4.15. The van der Waals surface area contributed by atoms with Gasteiger partial charge in [0.15, 0.2) is 0 Å². The quantitative estimate of drug-likeness (QED) is 0.581. The molecule has 4 rings (SSSR count). The summed E-state index contributed by atoms with van der Waals surface area (Å²) in [4.78, 5) is 18.4. The van der Waals surface area contributed by atoms with Crippen molar-refractivity contribution in [2.45, 2.75) is 12.3 Å². The highest BCUT2D eigenvalue weighted by Gasteiger charge is 2.38. The summed E-state index contributed by atoms with van der Waals surface area (Å²) in [6, 6.07) is 13.7. The lowest BCUT2D eigenvalue weighted by atomic mass is 10.1. The van der Waals surface area contributed by atoms with Crippen molar-refractivity contribution < 1.29 is 18.0 Å². The maximum absolute atomic E-state index is 14.3. The Morgan fingerprint density at radius 3 is 2.45 bits per heavy atom. The van der Waals surface area contributed by atoms with Crippen molar-refractivity contribution in [3.63, 3.8) is 0 Å². The van der Waals surface area contributed by atoms with Crippen LogP contribution >= 0.6 is 0 Å². The molecule has 1 amide bonds. The average molecular weight is 427 g/mol. The minimum atomic E-state index is -2.70. The smallest absolute Gasteiger partial charge is 0.266 e. The maximum Gasteiger partial charge on any atom is 0.266 e. The monoisotopic (exact) mass is 427 g/mol. The van der Waals surface area contributed by atoms with E-state index in [9.17, 15) is 18.0 Å². The number of nitrogens with two attached hydrogens (primary N) is 2. The van der Waals surface area contributed by atoms with Gasteiger partial charge in [0.25, 0.3) is 11.8 Å². The zero-order valence-corrected chi connectivity index (χ0v) is 16.4. The van der Waals surface area contributed by atoms with Crippen LogP contribution in [0.25, 0.3) is 11.3 Å². The van der Waals surface area contributed by atoms with E-state index in [-0.39, 0.29) is 30.9 Å². The number of hydrogen-bond donors (Lipinski definition) is 3. The Hall–Kier alpha value is -3.75. The summed E-state index contributed by atoms with van der Waals surface area (Å²) >= 11 is 0. The van der Waals surface area contributed by atoms with E-state index < -0.39 is 17.6 Å². The Bertz CT molecular complexity index is 1130. The van der Waals surface area contributed by atoms with Crippen molar-refractivity contribution in [1.29, 1.82) is 0 Å². The minimum Gasteiger partial charge on any atom is -0.396 e. The molecule has 0 bridgehead atoms. The molecular weight excluding hydrogens is 407 g/mol. The van der Waals surface area contributed by atoms with Crippen LogP contribution in [0.1, 0.15) is 16.8 Å². The van der Waals surface area contributed by atoms with Gasteiger partial charge in [0.1, 0.15) is 11.6 Å². The summed E-state index contributed by atoms with van der Waals surface area (Å²) in [6.45, 7) is -0.0687. The van der Waals surface area contributed by atoms with Crippen molar-refractivity contribution in [1.82, 2.24) is 4.98 Å². The first kappa shape index (κ1) is 20.5. The first-order chi connectivity index (χ1) is 14.7. The molecule has 0 spiro atoms. The van der Waals surface area contributed by atoms with E-state index in [0.29, 0.717) is 28.3 Å². The van der Waals surface area contributed by atoms with Crippen LogP contribution in [0, 0.1) is 5.82 Å². The Balaban J connectivity index is 1.51. The number of alkyl halides is 2. The minimum absolute atomic E-state index is 0.142. The maximum atomic E-state index is 14.3. The van der Waals surface area contributed by atoms with Crippen LogP contribution in [0.15, 0.2) is 54.6 Å². The van der Waals surface area contributed by atoms with Gasteiger partial charge in [-0.2, -0.15) is 0 Å². The normalized spacial score (nSPS) is 15.1. The molecule has 0 radical (unpaired) electrons. The van der Waals surface area contributed by atoms with E-state index in [1.807, 2.05) is 0 Å². The molecule has 6 nitrogen and oxygen atoms in total. The Morgan fingerprint density at radius 1 is 1.06 bits per heavy atom. The van der Waals surface area contributed by atoms with Gasteiger partial charge in [0.2, 0.25) is 0 Å². The standard InChI is InChI=1S/C22H20F3N5O/c23-17-6-1-13(19-8-7-18(26)20(27)29-19)11-16(17)21(31)28-14-2-4-15(5-3-14)30-10-9-22(24,25)12-30/h1-8,11H,9-10,12,26H2,(H2,27,29)(H,28,31). The molecule has 0 aliphatic carbocycles. The summed E-state index contributed by atoms with van der Waals surface area (Å²) in [5.41, 5.74) is 13.6. The summed E-state index contributed by atoms with van der Waals surface area (Å²) in [5, 5.41) is 2.62. The number of benzene rings is 2. The van der Waals surface area contributed by atoms with Crippen LogP contribution in [-0.2, 0) is 0 Å². The second-order valence-electron chi connectivity index (χ2n) is 7.39. The molecule has 9 heteroatoms. The van der Waals surface area contributed by atoms with Gasteiger partial charge in [0.05, 0.1) is 23.5 Å². The third kappa shape index (κ3) is 4.40. The third-order valence-corrected chi connectivity index (χ3v) is 5.12. The zero-order valence-electron chi connectivity index (χ0n) is 16.4. The van der Waals surface area contributed by atoms with Crippen molar-refractivity contribution >= 4 is 28.8 Å². The van der Waals surface area contributed by atoms with Crippen LogP contribution in [-0.4, -0.2) is 29.9 Å². The first-order valence-electron chi connectivity index (χ1n) is 9.58. The molecule has 0 saturated carbocycles. The molecule has 3 aromatic rings. The number of rotatable bonds is 4. The molecule has 0 atom stereocenters. The van der Waals surface area contributed by atoms with Crippen molar-refractivity contribution in [2.75, 3.05) is 34.8 Å². The van der Waals surface area contributed by atoms with Gasteiger partial charge in [-0.3, -0.25) is 4.79 Å². The molecule has 1 saturated heterocycles. The van der Waals surface area contributed by atoms with Crippen molar-refractivity contribution in [3.05, 3.63) is 66.0 Å². The highest BCUT2D eigenvalue weighted by molar-refractivity contribution is 6.05. The van der Waals surface area contributed by atoms with Crippen molar-refractivity contribution in [2.24, 2.45) is 0 Å². The summed E-state index contributed by atoms with van der Waals surface area (Å²) in [7, 11) is 0. The highest BCUT2D eigenvalue weighted by atomic mass is 19.3. The molecule has 2 heterocycles. The van der Waals surface area contributed by atoms with Crippen LogP contribution < -0.4 is 21.7 Å². The van der Waals surface area contributed by atoms with Gasteiger partial charge in [-0.15, -0.1) is 0 Å². The van der Waals surface area contributed by atoms with E-state index in [2.05, 4.69) is 10.3 Å². The molecule has 1 aliphatic rings. The molecule has 31 heavy (non-hydrogen) atoms. The SMILES string of the molecule is Nc1ccc(-c2ccc(F)c(C(=O)Nc3ccc(N4CCC(F)(F)C4)cc3)c2)nc1N. The van der Waals surface area contributed by atoms with Gasteiger partial charge < -0.3 is 21.7 Å². The lowest BCUT2D eigenvalue weighted by molar-refractivity contribution is 0.0257. The number of aromatic nitrogens is 1. The Labute approximate surface area is 176 Å². The number of anilines is 4. The number of amides is 1. The summed E-state index contributed by atoms with van der Waals surface area (Å²) in [6.07, 6.45) is -0.185. The molecule has 5 N–H and O–H groups in total. The fourth-order valence-electron chi connectivity index (χ4n) is 3.42. The molecule has 1 aliphatic heterocycles. The topological polar surface area (TPSA) is 97.3 Å². The van der Waals surface area contributed by atoms with Crippen LogP contribution in [0.5, 0.6) is 0 Å². The van der Waals surface area contributed by atoms with E-state index in [4.69, 9.17) is 11.5 Å². The van der Waals surface area contributed by atoms with Crippen LogP contribution in [0.2, 0.25) is 0 Å². The Kier molecular flexibility index (Phi) is 5.18. The van der Waals surface area contributed by atoms with E-state index >= 15 is 0 Å². The van der Waals surface area contributed by atoms with Gasteiger partial charge in [0, 0.05) is 29.9 Å². The lowest BCUT2D eigenvalue weighted by Crippen LogP contribution is -2.24. The van der Waals surface area contributed by atoms with E-state index in [1.54, 1.807) is 41.3 Å². The second-order valence-corrected chi connectivity index (χ2v) is 7.39. The van der Waals surface area contributed by atoms with Gasteiger partial charge >= 0.3 is 0 Å². The van der Waals surface area contributed by atoms with Crippen LogP contribution in [0.3, 0.4) is 0 Å². The summed E-state index contributed by atoms with van der Waals surface area (Å²) in [5.74, 6) is -3.90. The number of nitrogen functional groups attached to an aromatic ring is 2. The van der Waals surface area contributed by atoms with Crippen molar-refractivity contribution in [3.8, 4) is 11.3 Å². The molecular formula is C22H20F3N5O. The molecule has 1 aromatic heterocycles. The Morgan fingerprint density at radius 2 is 1.81 bits per heavy atom. The molecule has 160 valence electrons. The number of nitrogens with zero attached hydrogens (tertiary/aromatic N) is 2. The second kappa shape index (κ2) is 7.82. The number of carbonyl (C=O) groups excluding carboxylic acids is 1. The average Bonchev–Trinajstić information content (AvgIpc) is 3.10. The number of halogens is 3. The number of pyridine rings is 1. The number of carbonyl (C=O) groups is 1.